The van der Waals surface area contributed by atoms with Crippen LogP contribution in [0.25, 0.3) is 6.08 Å². The lowest BCUT2D eigenvalue weighted by atomic mass is 10.1. The van der Waals surface area contributed by atoms with E-state index in [9.17, 15) is 19.2 Å². The number of anilines is 2. The number of nitrogens with one attached hydrogen (secondary N) is 2. The van der Waals surface area contributed by atoms with Crippen LogP contribution in [0.15, 0.2) is 71.6 Å². The number of thioether (sulfide) groups is 1. The summed E-state index contributed by atoms with van der Waals surface area (Å²) in [6.45, 7) is 5.50. The predicted octanol–water partition coefficient (Wildman–Crippen LogP) is 5.56. The molecule has 1 saturated heterocycles. The van der Waals surface area contributed by atoms with Gasteiger partial charge in [-0.2, -0.15) is 0 Å². The van der Waals surface area contributed by atoms with Crippen molar-refractivity contribution in [3.05, 3.63) is 93.9 Å². The van der Waals surface area contributed by atoms with Gasteiger partial charge in [-0.3, -0.25) is 24.1 Å². The molecule has 1 aliphatic heterocycles. The Labute approximate surface area is 231 Å². The van der Waals surface area contributed by atoms with Gasteiger partial charge in [-0.25, -0.2) is 0 Å². The molecule has 9 heteroatoms. The van der Waals surface area contributed by atoms with Crippen LogP contribution in [0.2, 0.25) is 0 Å². The van der Waals surface area contributed by atoms with Gasteiger partial charge < -0.3 is 15.4 Å². The normalized spacial score (nSPS) is 14.0. The Morgan fingerprint density at radius 3 is 2.21 bits per heavy atom. The van der Waals surface area contributed by atoms with Gasteiger partial charge in [0.25, 0.3) is 17.1 Å². The Kier molecular flexibility index (Phi) is 8.83. The minimum Gasteiger partial charge on any atom is -0.484 e. The van der Waals surface area contributed by atoms with Gasteiger partial charge >= 0.3 is 0 Å². The molecule has 0 aromatic heterocycles. The number of carbonyl (C=O) groups is 4. The third kappa shape index (κ3) is 7.36. The molecule has 0 spiro atoms. The summed E-state index contributed by atoms with van der Waals surface area (Å²) in [5, 5.41) is 5.02. The summed E-state index contributed by atoms with van der Waals surface area (Å²) >= 11 is 0.785. The number of nitrogens with zero attached hydrogens (tertiary/aromatic N) is 1. The second-order valence-corrected chi connectivity index (χ2v) is 10.1. The molecule has 3 aromatic rings. The van der Waals surface area contributed by atoms with E-state index in [2.05, 4.69) is 10.6 Å². The third-order valence-corrected chi connectivity index (χ3v) is 7.07. The second kappa shape index (κ2) is 12.4. The molecule has 1 aliphatic rings. The standard InChI is InChI=1S/C30H29N3O5S/c1-4-21-6-11-23(12-7-21)31-27(34)17-33-29(36)26(39-30(33)37)16-22-8-13-25(14-9-22)38-18-28(35)32-24-10-5-19(2)20(3)15-24/h5-16H,4,17-18H2,1-3H3,(H,31,34)(H,32,35)/b26-16-. The van der Waals surface area contributed by atoms with E-state index in [-0.39, 0.29) is 24.0 Å². The van der Waals surface area contributed by atoms with E-state index in [0.29, 0.717) is 22.7 Å². The highest BCUT2D eigenvalue weighted by Crippen LogP contribution is 2.32. The van der Waals surface area contributed by atoms with Crippen LogP contribution in [0.5, 0.6) is 5.75 Å². The molecule has 39 heavy (non-hydrogen) atoms. The van der Waals surface area contributed by atoms with Gasteiger partial charge in [0, 0.05) is 11.4 Å². The van der Waals surface area contributed by atoms with Gasteiger partial charge in [0.2, 0.25) is 5.91 Å². The highest BCUT2D eigenvalue weighted by Gasteiger charge is 2.36. The summed E-state index contributed by atoms with van der Waals surface area (Å²) in [5.74, 6) is -0.771. The molecular formula is C30H29N3O5S. The number of imide groups is 1. The monoisotopic (exact) mass is 543 g/mol. The molecule has 1 heterocycles. The van der Waals surface area contributed by atoms with Crippen molar-refractivity contribution in [1.29, 1.82) is 0 Å². The molecule has 0 aliphatic carbocycles. The first-order valence-corrected chi connectivity index (χ1v) is 13.3. The van der Waals surface area contributed by atoms with Crippen molar-refractivity contribution in [2.75, 3.05) is 23.8 Å². The smallest absolute Gasteiger partial charge is 0.294 e. The van der Waals surface area contributed by atoms with Crippen molar-refractivity contribution in [2.24, 2.45) is 0 Å². The van der Waals surface area contributed by atoms with Crippen molar-refractivity contribution in [2.45, 2.75) is 27.2 Å². The summed E-state index contributed by atoms with van der Waals surface area (Å²) in [4.78, 5) is 51.0. The average Bonchev–Trinajstić information content (AvgIpc) is 3.18. The van der Waals surface area contributed by atoms with Gasteiger partial charge in [0.1, 0.15) is 12.3 Å². The first-order chi connectivity index (χ1) is 18.7. The highest BCUT2D eigenvalue weighted by molar-refractivity contribution is 8.18. The molecule has 200 valence electrons. The fraction of sp³-hybridized carbons (Fsp3) is 0.200. The van der Waals surface area contributed by atoms with Crippen molar-refractivity contribution < 1.29 is 23.9 Å². The molecule has 1 fully saturated rings. The summed E-state index contributed by atoms with van der Waals surface area (Å²) in [7, 11) is 0. The zero-order valence-corrected chi connectivity index (χ0v) is 22.8. The van der Waals surface area contributed by atoms with E-state index in [1.807, 2.05) is 51.1 Å². The number of ether oxygens (including phenoxy) is 1. The Bertz CT molecular complexity index is 1430. The topological polar surface area (TPSA) is 105 Å². The molecule has 0 radical (unpaired) electrons. The van der Waals surface area contributed by atoms with Crippen LogP contribution in [0.1, 0.15) is 29.2 Å². The van der Waals surface area contributed by atoms with Crippen LogP contribution in [0, 0.1) is 13.8 Å². The van der Waals surface area contributed by atoms with Gasteiger partial charge in [-0.1, -0.05) is 37.3 Å². The maximum atomic E-state index is 12.8. The SMILES string of the molecule is CCc1ccc(NC(=O)CN2C(=O)S/C(=C\c3ccc(OCC(=O)Nc4ccc(C)c(C)c4)cc3)C2=O)cc1. The van der Waals surface area contributed by atoms with E-state index in [0.717, 1.165) is 39.8 Å². The molecule has 0 saturated carbocycles. The molecular weight excluding hydrogens is 514 g/mol. The van der Waals surface area contributed by atoms with E-state index in [4.69, 9.17) is 4.74 Å². The van der Waals surface area contributed by atoms with E-state index < -0.39 is 17.1 Å². The Morgan fingerprint density at radius 2 is 1.54 bits per heavy atom. The summed E-state index contributed by atoms with van der Waals surface area (Å²) in [5.41, 5.74) is 5.36. The quantitative estimate of drug-likeness (QED) is 0.343. The van der Waals surface area contributed by atoms with Crippen LogP contribution >= 0.6 is 11.8 Å². The molecule has 0 atom stereocenters. The number of hydrogen-bond donors (Lipinski definition) is 2. The molecule has 4 amide bonds. The van der Waals surface area contributed by atoms with E-state index >= 15 is 0 Å². The molecule has 2 N–H and O–H groups in total. The molecule has 3 aromatic carbocycles. The van der Waals surface area contributed by atoms with Crippen molar-refractivity contribution >= 4 is 52.2 Å². The lowest BCUT2D eigenvalue weighted by molar-refractivity contribution is -0.127. The molecule has 8 nitrogen and oxygen atoms in total. The number of aryl methyl sites for hydroxylation is 3. The van der Waals surface area contributed by atoms with Crippen LogP contribution in [-0.4, -0.2) is 41.0 Å². The summed E-state index contributed by atoms with van der Waals surface area (Å²) in [6, 6.07) is 19.9. The Hall–Kier alpha value is -4.37. The number of rotatable bonds is 9. The van der Waals surface area contributed by atoms with E-state index in [1.165, 1.54) is 0 Å². The highest BCUT2D eigenvalue weighted by atomic mass is 32.2. The van der Waals surface area contributed by atoms with Crippen LogP contribution in [0.4, 0.5) is 16.2 Å². The number of hydrogen-bond acceptors (Lipinski definition) is 6. The second-order valence-electron chi connectivity index (χ2n) is 9.07. The third-order valence-electron chi connectivity index (χ3n) is 6.16. The minimum absolute atomic E-state index is 0.157. The lowest BCUT2D eigenvalue weighted by Crippen LogP contribution is -2.36. The molecule has 4 rings (SSSR count). The van der Waals surface area contributed by atoms with Gasteiger partial charge in [-0.15, -0.1) is 0 Å². The van der Waals surface area contributed by atoms with Crippen LogP contribution in [0.3, 0.4) is 0 Å². The minimum atomic E-state index is -0.523. The van der Waals surface area contributed by atoms with E-state index in [1.54, 1.807) is 42.5 Å². The van der Waals surface area contributed by atoms with Crippen LogP contribution < -0.4 is 15.4 Å². The first-order valence-electron chi connectivity index (χ1n) is 12.5. The molecule has 0 bridgehead atoms. The number of benzene rings is 3. The Morgan fingerprint density at radius 1 is 0.872 bits per heavy atom. The van der Waals surface area contributed by atoms with Crippen molar-refractivity contribution in [3.63, 3.8) is 0 Å². The first kappa shape index (κ1) is 27.7. The fourth-order valence-electron chi connectivity index (χ4n) is 3.78. The fourth-order valence-corrected chi connectivity index (χ4v) is 4.62. The lowest BCUT2D eigenvalue weighted by Gasteiger charge is -2.12. The largest absolute Gasteiger partial charge is 0.484 e. The number of carbonyl (C=O) groups excluding carboxylic acids is 4. The maximum Gasteiger partial charge on any atom is 0.294 e. The maximum absolute atomic E-state index is 12.8. The molecule has 0 unspecified atom stereocenters. The summed E-state index contributed by atoms with van der Waals surface area (Å²) in [6.07, 6.45) is 2.47. The average molecular weight is 544 g/mol. The van der Waals surface area contributed by atoms with Gasteiger partial charge in [0.05, 0.1) is 4.91 Å². The Balaban J connectivity index is 1.29. The zero-order chi connectivity index (χ0) is 27.9. The van der Waals surface area contributed by atoms with Crippen LogP contribution in [-0.2, 0) is 20.8 Å². The van der Waals surface area contributed by atoms with Crippen molar-refractivity contribution in [3.8, 4) is 5.75 Å². The van der Waals surface area contributed by atoms with Gasteiger partial charge in [0.15, 0.2) is 6.61 Å². The number of amides is 4. The summed E-state index contributed by atoms with van der Waals surface area (Å²) < 4.78 is 5.57. The zero-order valence-electron chi connectivity index (χ0n) is 21.9. The van der Waals surface area contributed by atoms with Crippen molar-refractivity contribution in [1.82, 2.24) is 4.90 Å². The van der Waals surface area contributed by atoms with Gasteiger partial charge in [-0.05, 0) is 96.8 Å². The predicted molar refractivity (Wildman–Crippen MR) is 154 cm³/mol.